The van der Waals surface area contributed by atoms with Gasteiger partial charge in [-0.2, -0.15) is 0 Å². The van der Waals surface area contributed by atoms with Gasteiger partial charge >= 0.3 is 0 Å². The minimum atomic E-state index is -4.33. The molecule has 8 heteroatoms. The summed E-state index contributed by atoms with van der Waals surface area (Å²) in [4.78, 5) is 18.3. The van der Waals surface area contributed by atoms with E-state index in [9.17, 15) is 22.0 Å². The molecule has 5 nitrogen and oxygen atoms in total. The molecule has 1 fully saturated rings. The number of aromatic nitrogens is 1. The molecule has 1 aromatic heterocycles. The molecule has 156 valence electrons. The van der Waals surface area contributed by atoms with Gasteiger partial charge in [-0.1, -0.05) is 6.07 Å². The highest BCUT2D eigenvalue weighted by Gasteiger charge is 2.31. The van der Waals surface area contributed by atoms with Crippen molar-refractivity contribution in [2.45, 2.75) is 36.0 Å². The lowest BCUT2D eigenvalue weighted by molar-refractivity contribution is 0.0720. The highest BCUT2D eigenvalue weighted by Crippen LogP contribution is 2.33. The molecule has 2 heterocycles. The van der Waals surface area contributed by atoms with Crippen molar-refractivity contribution in [3.8, 4) is 0 Å². The summed E-state index contributed by atoms with van der Waals surface area (Å²) in [6.07, 6.45) is 3.87. The van der Waals surface area contributed by atoms with E-state index in [1.54, 1.807) is 4.90 Å². The first-order chi connectivity index (χ1) is 14.3. The van der Waals surface area contributed by atoms with Gasteiger partial charge in [0, 0.05) is 24.7 Å². The fraction of sp³-hybridized carbons (Fsp3) is 0.273. The molecule has 1 amide bonds. The van der Waals surface area contributed by atoms with Crippen molar-refractivity contribution in [3.05, 3.63) is 65.4 Å². The largest absolute Gasteiger partial charge is 0.339 e. The van der Waals surface area contributed by atoms with Crippen LogP contribution in [-0.2, 0) is 9.84 Å². The zero-order valence-corrected chi connectivity index (χ0v) is 17.2. The van der Waals surface area contributed by atoms with E-state index in [0.29, 0.717) is 18.7 Å². The Morgan fingerprint density at radius 3 is 2.47 bits per heavy atom. The summed E-state index contributed by atoms with van der Waals surface area (Å²) < 4.78 is 55.3. The van der Waals surface area contributed by atoms with Gasteiger partial charge in [0.05, 0.1) is 20.9 Å². The van der Waals surface area contributed by atoms with E-state index in [1.807, 2.05) is 0 Å². The summed E-state index contributed by atoms with van der Waals surface area (Å²) in [6.45, 7) is 2.55. The predicted octanol–water partition coefficient (Wildman–Crippen LogP) is 4.28. The topological polar surface area (TPSA) is 67.3 Å². The molecule has 4 rings (SSSR count). The minimum absolute atomic E-state index is 0.00107. The highest BCUT2D eigenvalue weighted by atomic mass is 32.2. The molecule has 0 unspecified atom stereocenters. The van der Waals surface area contributed by atoms with Gasteiger partial charge in [0.25, 0.3) is 5.91 Å². The molecule has 0 saturated carbocycles. The molecule has 0 spiro atoms. The predicted molar refractivity (Wildman–Crippen MR) is 108 cm³/mol. The standard InChI is InChI=1S/C22H20F2N2O3S/c1-14-5-7-16(12-19(14)24)30(28,29)21-17-11-15(23)6-8-20(17)25-13-18(21)22(27)26-9-3-2-4-10-26/h5-8,11-13H,2-4,9-10H2,1H3. The van der Waals surface area contributed by atoms with Crippen LogP contribution in [0.3, 0.4) is 0 Å². The molecule has 1 saturated heterocycles. The summed E-state index contributed by atoms with van der Waals surface area (Å²) in [5.41, 5.74) is 0.401. The van der Waals surface area contributed by atoms with E-state index in [2.05, 4.69) is 4.98 Å². The summed E-state index contributed by atoms with van der Waals surface area (Å²) in [5.74, 6) is -1.80. The third-order valence-electron chi connectivity index (χ3n) is 5.38. The first kappa shape index (κ1) is 20.4. The molecule has 30 heavy (non-hydrogen) atoms. The van der Waals surface area contributed by atoms with Crippen LogP contribution in [0.5, 0.6) is 0 Å². The number of aryl methyl sites for hydroxylation is 1. The average molecular weight is 430 g/mol. The zero-order valence-electron chi connectivity index (χ0n) is 16.4. The molecule has 0 atom stereocenters. The van der Waals surface area contributed by atoms with Crippen molar-refractivity contribution in [1.29, 1.82) is 0 Å². The Balaban J connectivity index is 1.98. The van der Waals surface area contributed by atoms with E-state index in [0.717, 1.165) is 31.4 Å². The summed E-state index contributed by atoms with van der Waals surface area (Å²) in [7, 11) is -4.33. The van der Waals surface area contributed by atoms with E-state index in [1.165, 1.54) is 37.4 Å². The summed E-state index contributed by atoms with van der Waals surface area (Å²) in [5, 5.41) is -0.00107. The SMILES string of the molecule is Cc1ccc(S(=O)(=O)c2c(C(=O)N3CCCCC3)cnc3ccc(F)cc23)cc1F. The Labute approximate surface area is 173 Å². The highest BCUT2D eigenvalue weighted by molar-refractivity contribution is 7.91. The van der Waals surface area contributed by atoms with Crippen LogP contribution in [-0.4, -0.2) is 37.3 Å². The number of sulfone groups is 1. The Morgan fingerprint density at radius 1 is 1.03 bits per heavy atom. The molecule has 0 N–H and O–H groups in total. The van der Waals surface area contributed by atoms with Gasteiger partial charge in [-0.15, -0.1) is 0 Å². The fourth-order valence-corrected chi connectivity index (χ4v) is 5.33. The number of benzene rings is 2. The van der Waals surface area contributed by atoms with E-state index < -0.39 is 27.4 Å². The maximum Gasteiger partial charge on any atom is 0.256 e. The number of likely N-dealkylation sites (tertiary alicyclic amines) is 1. The van der Waals surface area contributed by atoms with Gasteiger partial charge in [-0.25, -0.2) is 17.2 Å². The summed E-state index contributed by atoms with van der Waals surface area (Å²) >= 11 is 0. The number of piperidine rings is 1. The van der Waals surface area contributed by atoms with Crippen molar-refractivity contribution >= 4 is 26.6 Å². The van der Waals surface area contributed by atoms with Gasteiger partial charge in [0.2, 0.25) is 9.84 Å². The van der Waals surface area contributed by atoms with Crippen LogP contribution in [0.15, 0.2) is 52.4 Å². The first-order valence-corrected chi connectivity index (χ1v) is 11.2. The van der Waals surface area contributed by atoms with E-state index in [-0.39, 0.29) is 26.3 Å². The van der Waals surface area contributed by atoms with Gasteiger partial charge in [-0.05, 0) is 62.1 Å². The quantitative estimate of drug-likeness (QED) is 0.622. The van der Waals surface area contributed by atoms with Crippen LogP contribution < -0.4 is 0 Å². The Kier molecular flexibility index (Phi) is 5.27. The van der Waals surface area contributed by atoms with Gasteiger partial charge in [-0.3, -0.25) is 9.78 Å². The third-order valence-corrected chi connectivity index (χ3v) is 7.23. The van der Waals surface area contributed by atoms with Crippen LogP contribution >= 0.6 is 0 Å². The second-order valence-electron chi connectivity index (χ2n) is 7.43. The van der Waals surface area contributed by atoms with Crippen LogP contribution in [0.1, 0.15) is 35.2 Å². The first-order valence-electron chi connectivity index (χ1n) is 9.68. The molecule has 1 aliphatic rings. The fourth-order valence-electron chi connectivity index (χ4n) is 3.71. The molecule has 1 aliphatic heterocycles. The van der Waals surface area contributed by atoms with Crippen LogP contribution in [0.4, 0.5) is 8.78 Å². The second kappa shape index (κ2) is 7.75. The smallest absolute Gasteiger partial charge is 0.256 e. The van der Waals surface area contributed by atoms with Gasteiger partial charge in [0.1, 0.15) is 11.6 Å². The molecule has 3 aromatic rings. The van der Waals surface area contributed by atoms with Gasteiger partial charge in [0.15, 0.2) is 0 Å². The molecule has 0 bridgehead atoms. The van der Waals surface area contributed by atoms with Crippen molar-refractivity contribution in [2.75, 3.05) is 13.1 Å². The third kappa shape index (κ3) is 3.56. The lowest BCUT2D eigenvalue weighted by Gasteiger charge is -2.27. The molecular weight excluding hydrogens is 410 g/mol. The number of hydrogen-bond donors (Lipinski definition) is 0. The van der Waals surface area contributed by atoms with Crippen molar-refractivity contribution < 1.29 is 22.0 Å². The van der Waals surface area contributed by atoms with Crippen molar-refractivity contribution in [1.82, 2.24) is 9.88 Å². The Hall–Kier alpha value is -2.87. The number of hydrogen-bond acceptors (Lipinski definition) is 4. The van der Waals surface area contributed by atoms with Gasteiger partial charge < -0.3 is 4.90 Å². The summed E-state index contributed by atoms with van der Waals surface area (Å²) in [6, 6.07) is 7.14. The van der Waals surface area contributed by atoms with Crippen LogP contribution in [0.2, 0.25) is 0 Å². The zero-order chi connectivity index (χ0) is 21.5. The number of pyridine rings is 1. The number of fused-ring (bicyclic) bond motifs is 1. The van der Waals surface area contributed by atoms with E-state index in [4.69, 9.17) is 0 Å². The number of nitrogens with zero attached hydrogens (tertiary/aromatic N) is 2. The lowest BCUT2D eigenvalue weighted by atomic mass is 10.1. The Bertz CT molecular complexity index is 1250. The van der Waals surface area contributed by atoms with E-state index >= 15 is 0 Å². The normalized spacial score (nSPS) is 14.8. The monoisotopic (exact) mass is 430 g/mol. The number of carbonyl (C=O) groups is 1. The van der Waals surface area contributed by atoms with Crippen molar-refractivity contribution in [2.24, 2.45) is 0 Å². The number of amides is 1. The maximum absolute atomic E-state index is 14.1. The minimum Gasteiger partial charge on any atom is -0.339 e. The average Bonchev–Trinajstić information content (AvgIpc) is 2.74. The van der Waals surface area contributed by atoms with Crippen LogP contribution in [0.25, 0.3) is 10.9 Å². The lowest BCUT2D eigenvalue weighted by Crippen LogP contribution is -2.36. The number of carbonyl (C=O) groups excluding carboxylic acids is 1. The van der Waals surface area contributed by atoms with Crippen molar-refractivity contribution in [3.63, 3.8) is 0 Å². The van der Waals surface area contributed by atoms with Crippen LogP contribution in [0, 0.1) is 18.6 Å². The molecule has 2 aromatic carbocycles. The molecule has 0 aliphatic carbocycles. The number of halogens is 2. The second-order valence-corrected chi connectivity index (χ2v) is 9.32. The molecule has 0 radical (unpaired) electrons. The number of rotatable bonds is 3. The maximum atomic E-state index is 14.1. The Morgan fingerprint density at radius 2 is 1.77 bits per heavy atom. The molecular formula is C22H20F2N2O3S.